The fraction of sp³-hybridized carbons (Fsp3) is 0.0909. The van der Waals surface area contributed by atoms with E-state index in [9.17, 15) is 19.7 Å². The number of non-ortho nitro benzene ring substituents is 1. The number of carbonyl (C=O) groups is 2. The van der Waals surface area contributed by atoms with Crippen LogP contribution in [-0.4, -0.2) is 16.7 Å². The van der Waals surface area contributed by atoms with E-state index in [1.54, 1.807) is 0 Å². The number of nitro groups is 1. The molecule has 0 atom stereocenters. The Morgan fingerprint density at radius 2 is 2.00 bits per heavy atom. The van der Waals surface area contributed by atoms with E-state index in [2.05, 4.69) is 0 Å². The first kappa shape index (κ1) is 11.0. The van der Waals surface area contributed by atoms with Gasteiger partial charge in [0.05, 0.1) is 10.6 Å². The predicted molar refractivity (Wildman–Crippen MR) is 59.3 cm³/mol. The molecule has 0 N–H and O–H groups in total. The highest BCUT2D eigenvalue weighted by Gasteiger charge is 2.30. The fourth-order valence-corrected chi connectivity index (χ4v) is 1.58. The summed E-state index contributed by atoms with van der Waals surface area (Å²) in [7, 11) is 0. The summed E-state index contributed by atoms with van der Waals surface area (Å²) >= 11 is 0. The second-order valence-electron chi connectivity index (χ2n) is 3.58. The molecule has 86 valence electrons. The van der Waals surface area contributed by atoms with E-state index in [0.717, 1.165) is 4.90 Å². The highest BCUT2D eigenvalue weighted by atomic mass is 16.6. The molecule has 0 bridgehead atoms. The number of hydrogen-bond donors (Lipinski definition) is 0. The molecule has 0 saturated heterocycles. The van der Waals surface area contributed by atoms with Gasteiger partial charge in [-0.2, -0.15) is 0 Å². The summed E-state index contributed by atoms with van der Waals surface area (Å²) in [6.07, 6.45) is 1.21. The Morgan fingerprint density at radius 3 is 2.53 bits per heavy atom. The van der Waals surface area contributed by atoms with Gasteiger partial charge < -0.3 is 0 Å². The minimum Gasteiger partial charge on any atom is -0.269 e. The van der Waals surface area contributed by atoms with Crippen LogP contribution in [-0.2, 0) is 9.59 Å². The number of carbonyl (C=O) groups excluding carboxylic acids is 2. The number of benzene rings is 1. The lowest BCUT2D eigenvalue weighted by molar-refractivity contribution is -0.384. The predicted octanol–water partition coefficient (Wildman–Crippen LogP) is 1.41. The van der Waals surface area contributed by atoms with Gasteiger partial charge >= 0.3 is 0 Å². The fourth-order valence-electron chi connectivity index (χ4n) is 1.58. The number of anilines is 1. The molecule has 1 aromatic rings. The first-order chi connectivity index (χ1) is 8.00. The summed E-state index contributed by atoms with van der Waals surface area (Å²) in [5.41, 5.74) is 0.372. The van der Waals surface area contributed by atoms with Crippen molar-refractivity contribution in [2.45, 2.75) is 6.92 Å². The maximum absolute atomic E-state index is 11.7. The van der Waals surface area contributed by atoms with Crippen molar-refractivity contribution >= 4 is 23.2 Å². The Labute approximate surface area is 96.3 Å². The Morgan fingerprint density at radius 1 is 1.29 bits per heavy atom. The van der Waals surface area contributed by atoms with E-state index in [1.165, 1.54) is 37.3 Å². The molecular weight excluding hydrogens is 224 g/mol. The van der Waals surface area contributed by atoms with E-state index in [1.807, 2.05) is 0 Å². The van der Waals surface area contributed by atoms with Crippen molar-refractivity contribution in [1.82, 2.24) is 0 Å². The quantitative estimate of drug-likeness (QED) is 0.438. The Bertz CT molecular complexity index is 562. The maximum Gasteiger partial charge on any atom is 0.271 e. The molecule has 1 aliphatic heterocycles. The zero-order valence-corrected chi connectivity index (χ0v) is 8.91. The third kappa shape index (κ3) is 1.80. The minimum absolute atomic E-state index is 0.160. The van der Waals surface area contributed by atoms with E-state index in [4.69, 9.17) is 0 Å². The number of imide groups is 1. The van der Waals surface area contributed by atoms with Crippen LogP contribution in [0.25, 0.3) is 0 Å². The highest BCUT2D eigenvalue weighted by molar-refractivity contribution is 6.30. The second-order valence-corrected chi connectivity index (χ2v) is 3.58. The third-order valence-corrected chi connectivity index (χ3v) is 2.40. The van der Waals surface area contributed by atoms with Gasteiger partial charge in [0, 0.05) is 23.8 Å². The molecule has 17 heavy (non-hydrogen) atoms. The summed E-state index contributed by atoms with van der Waals surface area (Å²) in [6, 6.07) is 5.41. The lowest BCUT2D eigenvalue weighted by Gasteiger charge is -2.13. The van der Waals surface area contributed by atoms with Gasteiger partial charge in [0.1, 0.15) is 0 Å². The average Bonchev–Trinajstić information content (AvgIpc) is 2.53. The monoisotopic (exact) mass is 232 g/mol. The molecule has 0 radical (unpaired) electrons. The van der Waals surface area contributed by atoms with Crippen LogP contribution in [0.1, 0.15) is 6.92 Å². The molecule has 0 saturated carbocycles. The molecule has 6 heteroatoms. The number of nitrogens with zero attached hydrogens (tertiary/aromatic N) is 2. The van der Waals surface area contributed by atoms with Gasteiger partial charge in [-0.05, 0) is 13.0 Å². The summed E-state index contributed by atoms with van der Waals surface area (Å²) in [6.45, 7) is 1.53. The largest absolute Gasteiger partial charge is 0.271 e. The topological polar surface area (TPSA) is 80.5 Å². The SMILES string of the molecule is CC1=CC(=O)N(c2cccc([N+](=O)[O-])c2)C1=O. The number of rotatable bonds is 2. The number of hydrogen-bond acceptors (Lipinski definition) is 4. The Balaban J connectivity index is 2.42. The summed E-state index contributed by atoms with van der Waals surface area (Å²) in [4.78, 5) is 34.1. The molecule has 0 aromatic heterocycles. The van der Waals surface area contributed by atoms with Gasteiger partial charge in [0.15, 0.2) is 0 Å². The molecular formula is C11H8N2O4. The van der Waals surface area contributed by atoms with Crippen molar-refractivity contribution in [2.24, 2.45) is 0 Å². The van der Waals surface area contributed by atoms with E-state index in [-0.39, 0.29) is 11.4 Å². The standard InChI is InChI=1S/C11H8N2O4/c1-7-5-10(14)12(11(7)15)8-3-2-4-9(6-8)13(16)17/h2-6H,1H3. The summed E-state index contributed by atoms with van der Waals surface area (Å²) in [5.74, 6) is -0.927. The normalized spacial score (nSPS) is 15.1. The van der Waals surface area contributed by atoms with Crippen molar-refractivity contribution in [2.75, 3.05) is 4.90 Å². The van der Waals surface area contributed by atoms with Crippen molar-refractivity contribution in [3.8, 4) is 0 Å². The zero-order chi connectivity index (χ0) is 12.6. The number of amides is 2. The lowest BCUT2D eigenvalue weighted by Crippen LogP contribution is -2.30. The third-order valence-electron chi connectivity index (χ3n) is 2.40. The molecule has 0 unspecified atom stereocenters. The van der Waals surface area contributed by atoms with Crippen LogP contribution >= 0.6 is 0 Å². The van der Waals surface area contributed by atoms with Crippen molar-refractivity contribution in [1.29, 1.82) is 0 Å². The minimum atomic E-state index is -0.575. The summed E-state index contributed by atoms with van der Waals surface area (Å²) in [5, 5.41) is 10.6. The maximum atomic E-state index is 11.7. The molecule has 6 nitrogen and oxygen atoms in total. The zero-order valence-electron chi connectivity index (χ0n) is 8.91. The van der Waals surface area contributed by atoms with Crippen LogP contribution in [0, 0.1) is 10.1 Å². The van der Waals surface area contributed by atoms with Crippen LogP contribution in [0.5, 0.6) is 0 Å². The molecule has 0 aliphatic carbocycles. The second kappa shape index (κ2) is 3.82. The van der Waals surface area contributed by atoms with Gasteiger partial charge in [-0.3, -0.25) is 19.7 Å². The van der Waals surface area contributed by atoms with Gasteiger partial charge in [-0.25, -0.2) is 4.90 Å². The average molecular weight is 232 g/mol. The van der Waals surface area contributed by atoms with Crippen LogP contribution < -0.4 is 4.90 Å². The van der Waals surface area contributed by atoms with Gasteiger partial charge in [0.2, 0.25) is 0 Å². The first-order valence-electron chi connectivity index (χ1n) is 4.82. The smallest absolute Gasteiger partial charge is 0.269 e. The van der Waals surface area contributed by atoms with Gasteiger partial charge in [-0.1, -0.05) is 6.07 Å². The molecule has 0 spiro atoms. The van der Waals surface area contributed by atoms with Crippen LogP contribution in [0.2, 0.25) is 0 Å². The highest BCUT2D eigenvalue weighted by Crippen LogP contribution is 2.25. The molecule has 1 heterocycles. The molecule has 2 amide bonds. The van der Waals surface area contributed by atoms with Crippen molar-refractivity contribution in [3.05, 3.63) is 46.0 Å². The van der Waals surface area contributed by atoms with Crippen molar-refractivity contribution < 1.29 is 14.5 Å². The van der Waals surface area contributed by atoms with Crippen LogP contribution in [0.15, 0.2) is 35.9 Å². The molecule has 1 aromatic carbocycles. The van der Waals surface area contributed by atoms with Gasteiger partial charge in [-0.15, -0.1) is 0 Å². The van der Waals surface area contributed by atoms with Crippen molar-refractivity contribution in [3.63, 3.8) is 0 Å². The van der Waals surface area contributed by atoms with Crippen LogP contribution in [0.4, 0.5) is 11.4 Å². The van der Waals surface area contributed by atoms with E-state index in [0.29, 0.717) is 5.57 Å². The first-order valence-corrected chi connectivity index (χ1v) is 4.82. The Kier molecular flexibility index (Phi) is 2.47. The van der Waals surface area contributed by atoms with E-state index >= 15 is 0 Å². The lowest BCUT2D eigenvalue weighted by atomic mass is 10.2. The Hall–Kier alpha value is -2.50. The van der Waals surface area contributed by atoms with E-state index < -0.39 is 16.7 Å². The molecule has 0 fully saturated rings. The molecule has 1 aliphatic rings. The summed E-state index contributed by atoms with van der Waals surface area (Å²) < 4.78 is 0. The molecule has 2 rings (SSSR count). The van der Waals surface area contributed by atoms with Gasteiger partial charge in [0.25, 0.3) is 17.5 Å². The van der Waals surface area contributed by atoms with Crippen LogP contribution in [0.3, 0.4) is 0 Å². The number of nitro benzene ring substituents is 1.